The number of carboxylic acids is 1. The third-order valence-electron chi connectivity index (χ3n) is 1.78. The van der Waals surface area contributed by atoms with Crippen LogP contribution >= 0.6 is 23.4 Å². The van der Waals surface area contributed by atoms with Crippen LogP contribution in [0.4, 0.5) is 5.82 Å². The zero-order valence-electron chi connectivity index (χ0n) is 8.94. The molecule has 1 aromatic heterocycles. The highest BCUT2D eigenvalue weighted by molar-refractivity contribution is 7.99. The second-order valence-electron chi connectivity index (χ2n) is 3.05. The molecule has 0 saturated carbocycles. The van der Waals surface area contributed by atoms with Crippen LogP contribution in [0.1, 0.15) is 10.4 Å². The molecule has 6 heteroatoms. The molecule has 0 amide bonds. The zero-order valence-corrected chi connectivity index (χ0v) is 10.5. The monoisotopic (exact) mass is 270 g/mol. The number of thioether (sulfide) groups is 1. The molecule has 90 valence electrons. The minimum atomic E-state index is -1.03. The molecule has 2 N–H and O–H groups in total. The molecule has 1 rings (SSSR count). The predicted molar refractivity (Wildman–Crippen MR) is 70.9 cm³/mol. The molecule has 0 aliphatic rings. The molecule has 0 unspecified atom stereocenters. The molecule has 0 radical (unpaired) electrons. The first-order chi connectivity index (χ1) is 8.13. The molecule has 1 aromatic rings. The van der Waals surface area contributed by atoms with Gasteiger partial charge in [0.2, 0.25) is 0 Å². The standard InChI is InChI=1S/C11H11ClN2O2S/c1-2-4-17-5-3-13-10-7-8(11(15)16)6-9(12)14-10/h1,6-7H,3-5H2,(H,13,14)(H,15,16). The summed E-state index contributed by atoms with van der Waals surface area (Å²) in [5.41, 5.74) is 0.115. The van der Waals surface area contributed by atoms with Gasteiger partial charge in [-0.2, -0.15) is 0 Å². The van der Waals surface area contributed by atoms with Crippen molar-refractivity contribution in [1.29, 1.82) is 0 Å². The highest BCUT2D eigenvalue weighted by atomic mass is 35.5. The third-order valence-corrected chi connectivity index (χ3v) is 2.84. The number of rotatable bonds is 6. The fourth-order valence-corrected chi connectivity index (χ4v) is 1.81. The van der Waals surface area contributed by atoms with Crippen LogP contribution < -0.4 is 5.32 Å². The summed E-state index contributed by atoms with van der Waals surface area (Å²) in [6, 6.07) is 2.75. The number of nitrogens with one attached hydrogen (secondary N) is 1. The normalized spacial score (nSPS) is 9.65. The van der Waals surface area contributed by atoms with E-state index in [4.69, 9.17) is 23.1 Å². The number of nitrogens with zero attached hydrogens (tertiary/aromatic N) is 1. The van der Waals surface area contributed by atoms with Gasteiger partial charge in [-0.25, -0.2) is 9.78 Å². The van der Waals surface area contributed by atoms with E-state index in [1.54, 1.807) is 11.8 Å². The number of anilines is 1. The van der Waals surface area contributed by atoms with Crippen LogP contribution in [-0.2, 0) is 0 Å². The maximum atomic E-state index is 10.8. The number of hydrogen-bond donors (Lipinski definition) is 2. The van der Waals surface area contributed by atoms with Crippen molar-refractivity contribution in [2.45, 2.75) is 0 Å². The van der Waals surface area contributed by atoms with Gasteiger partial charge in [0.05, 0.1) is 11.3 Å². The lowest BCUT2D eigenvalue weighted by molar-refractivity contribution is 0.0697. The van der Waals surface area contributed by atoms with Gasteiger partial charge in [-0.15, -0.1) is 18.2 Å². The number of hydrogen-bond acceptors (Lipinski definition) is 4. The fourth-order valence-electron chi connectivity index (χ4n) is 1.09. The van der Waals surface area contributed by atoms with E-state index in [0.29, 0.717) is 18.1 Å². The van der Waals surface area contributed by atoms with Crippen molar-refractivity contribution >= 4 is 35.1 Å². The van der Waals surface area contributed by atoms with Gasteiger partial charge in [0.15, 0.2) is 0 Å². The number of carbonyl (C=O) groups is 1. The van der Waals surface area contributed by atoms with Crippen LogP contribution in [0, 0.1) is 12.3 Å². The first kappa shape index (κ1) is 13.7. The Labute approximate surface area is 109 Å². The Morgan fingerprint density at radius 1 is 1.65 bits per heavy atom. The number of aromatic nitrogens is 1. The lowest BCUT2D eigenvalue weighted by atomic mass is 10.2. The van der Waals surface area contributed by atoms with Crippen LogP contribution in [0.25, 0.3) is 0 Å². The molecule has 1 heterocycles. The van der Waals surface area contributed by atoms with E-state index in [0.717, 1.165) is 5.75 Å². The Balaban J connectivity index is 2.53. The summed E-state index contributed by atoms with van der Waals surface area (Å²) in [6.45, 7) is 0.652. The van der Waals surface area contributed by atoms with E-state index in [1.165, 1.54) is 12.1 Å². The van der Waals surface area contributed by atoms with Gasteiger partial charge in [0.1, 0.15) is 11.0 Å². The van der Waals surface area contributed by atoms with Gasteiger partial charge in [0, 0.05) is 12.3 Å². The Bertz CT molecular complexity index is 446. The number of carboxylic acid groups (broad SMARTS) is 1. The van der Waals surface area contributed by atoms with Gasteiger partial charge < -0.3 is 10.4 Å². The maximum absolute atomic E-state index is 10.8. The second kappa shape index (κ2) is 7.05. The van der Waals surface area contributed by atoms with Crippen molar-refractivity contribution in [2.24, 2.45) is 0 Å². The quantitative estimate of drug-likeness (QED) is 0.471. The Morgan fingerprint density at radius 3 is 3.06 bits per heavy atom. The van der Waals surface area contributed by atoms with Crippen LogP contribution in [-0.4, -0.2) is 34.1 Å². The highest BCUT2D eigenvalue weighted by Gasteiger charge is 2.06. The molecule has 0 saturated heterocycles. The minimum absolute atomic E-state index is 0.115. The summed E-state index contributed by atoms with van der Waals surface area (Å²) in [5.74, 6) is 3.42. The summed E-state index contributed by atoms with van der Waals surface area (Å²) in [6.07, 6.45) is 5.11. The van der Waals surface area contributed by atoms with Crippen molar-refractivity contribution in [3.8, 4) is 12.3 Å². The van der Waals surface area contributed by atoms with Crippen molar-refractivity contribution in [3.05, 3.63) is 22.8 Å². The van der Waals surface area contributed by atoms with Gasteiger partial charge in [-0.3, -0.25) is 0 Å². The third kappa shape index (κ3) is 4.98. The lowest BCUT2D eigenvalue weighted by Gasteiger charge is -2.06. The Morgan fingerprint density at radius 2 is 2.41 bits per heavy atom. The number of terminal acetylenes is 1. The van der Waals surface area contributed by atoms with E-state index in [1.807, 2.05) is 0 Å². The van der Waals surface area contributed by atoms with Crippen molar-refractivity contribution in [2.75, 3.05) is 23.4 Å². The summed E-state index contributed by atoms with van der Waals surface area (Å²) in [7, 11) is 0. The Kier molecular flexibility index (Phi) is 5.67. The van der Waals surface area contributed by atoms with Crippen LogP contribution in [0.5, 0.6) is 0 Å². The molecule has 0 atom stereocenters. The van der Waals surface area contributed by atoms with Gasteiger partial charge >= 0.3 is 5.97 Å². The van der Waals surface area contributed by atoms with E-state index in [2.05, 4.69) is 16.2 Å². The molecular formula is C11H11ClN2O2S. The molecule has 17 heavy (non-hydrogen) atoms. The second-order valence-corrected chi connectivity index (χ2v) is 4.54. The van der Waals surface area contributed by atoms with Crippen LogP contribution in [0.15, 0.2) is 12.1 Å². The first-order valence-electron chi connectivity index (χ1n) is 4.79. The topological polar surface area (TPSA) is 62.2 Å². The van der Waals surface area contributed by atoms with Gasteiger partial charge in [0.25, 0.3) is 0 Å². The molecular weight excluding hydrogens is 260 g/mol. The van der Waals surface area contributed by atoms with E-state index < -0.39 is 5.97 Å². The minimum Gasteiger partial charge on any atom is -0.478 e. The number of halogens is 1. The summed E-state index contributed by atoms with van der Waals surface area (Å²) in [4.78, 5) is 14.8. The fraction of sp³-hybridized carbons (Fsp3) is 0.273. The molecule has 0 bridgehead atoms. The summed E-state index contributed by atoms with van der Waals surface area (Å²) >= 11 is 7.32. The molecule has 0 spiro atoms. The van der Waals surface area contributed by atoms with Gasteiger partial charge in [-0.05, 0) is 12.1 Å². The van der Waals surface area contributed by atoms with E-state index in [-0.39, 0.29) is 10.7 Å². The van der Waals surface area contributed by atoms with Crippen molar-refractivity contribution in [1.82, 2.24) is 4.98 Å². The molecule has 0 fully saturated rings. The Hall–Kier alpha value is -1.38. The average molecular weight is 271 g/mol. The lowest BCUT2D eigenvalue weighted by Crippen LogP contribution is -2.07. The molecule has 0 aliphatic carbocycles. The van der Waals surface area contributed by atoms with Gasteiger partial charge in [-0.1, -0.05) is 17.5 Å². The van der Waals surface area contributed by atoms with Crippen LogP contribution in [0.2, 0.25) is 5.15 Å². The van der Waals surface area contributed by atoms with Crippen LogP contribution in [0.3, 0.4) is 0 Å². The van der Waals surface area contributed by atoms with E-state index >= 15 is 0 Å². The maximum Gasteiger partial charge on any atom is 0.335 e. The van der Waals surface area contributed by atoms with Crippen molar-refractivity contribution in [3.63, 3.8) is 0 Å². The highest BCUT2D eigenvalue weighted by Crippen LogP contribution is 2.14. The smallest absolute Gasteiger partial charge is 0.335 e. The zero-order chi connectivity index (χ0) is 12.7. The number of pyridine rings is 1. The summed E-state index contributed by atoms with van der Waals surface area (Å²) < 4.78 is 0. The first-order valence-corrected chi connectivity index (χ1v) is 6.32. The largest absolute Gasteiger partial charge is 0.478 e. The predicted octanol–water partition coefficient (Wildman–Crippen LogP) is 2.21. The average Bonchev–Trinajstić information content (AvgIpc) is 2.28. The SMILES string of the molecule is C#CCSCCNc1cc(C(=O)O)cc(Cl)n1. The molecule has 0 aliphatic heterocycles. The molecule has 0 aromatic carbocycles. The van der Waals surface area contributed by atoms with E-state index in [9.17, 15) is 4.79 Å². The molecule has 4 nitrogen and oxygen atoms in total. The van der Waals surface area contributed by atoms with Crippen molar-refractivity contribution < 1.29 is 9.90 Å². The summed E-state index contributed by atoms with van der Waals surface area (Å²) in [5, 5.41) is 12.0. The number of aromatic carboxylic acids is 1.